The Balaban J connectivity index is 0.00000220. The highest BCUT2D eigenvalue weighted by atomic mass is 35.5. The maximum atomic E-state index is 12.8. The van der Waals surface area contributed by atoms with Gasteiger partial charge < -0.3 is 10.6 Å². The van der Waals surface area contributed by atoms with Gasteiger partial charge in [0.2, 0.25) is 5.91 Å². The summed E-state index contributed by atoms with van der Waals surface area (Å²) >= 11 is 0. The van der Waals surface area contributed by atoms with Crippen molar-refractivity contribution in [3.05, 3.63) is 0 Å². The third-order valence-corrected chi connectivity index (χ3v) is 5.36. The van der Waals surface area contributed by atoms with Gasteiger partial charge in [-0.25, -0.2) is 0 Å². The number of likely N-dealkylation sites (tertiary alicyclic amines) is 1. The zero-order valence-electron chi connectivity index (χ0n) is 13.7. The lowest BCUT2D eigenvalue weighted by Crippen LogP contribution is -2.38. The molecule has 2 rings (SSSR count). The van der Waals surface area contributed by atoms with Gasteiger partial charge in [-0.2, -0.15) is 0 Å². The van der Waals surface area contributed by atoms with E-state index in [0.717, 1.165) is 38.4 Å². The van der Waals surface area contributed by atoms with E-state index in [1.807, 2.05) is 0 Å². The topological polar surface area (TPSA) is 46.3 Å². The lowest BCUT2D eigenvalue weighted by molar-refractivity contribution is -0.136. The summed E-state index contributed by atoms with van der Waals surface area (Å²) < 4.78 is 0. The molecule has 0 aromatic carbocycles. The fourth-order valence-electron chi connectivity index (χ4n) is 3.90. The van der Waals surface area contributed by atoms with E-state index in [2.05, 4.69) is 18.7 Å². The van der Waals surface area contributed by atoms with E-state index in [1.54, 1.807) is 0 Å². The molecular weight excluding hydrogens is 284 g/mol. The van der Waals surface area contributed by atoms with Gasteiger partial charge in [0, 0.05) is 19.0 Å². The smallest absolute Gasteiger partial charge is 0.225 e. The fraction of sp³-hybridized carbons (Fsp3) is 0.941. The molecule has 0 radical (unpaired) electrons. The molecule has 1 amide bonds. The number of carbonyl (C=O) groups excluding carboxylic acids is 1. The van der Waals surface area contributed by atoms with Crippen molar-refractivity contribution in [2.75, 3.05) is 19.6 Å². The van der Waals surface area contributed by atoms with E-state index in [9.17, 15) is 4.79 Å². The van der Waals surface area contributed by atoms with Crippen LogP contribution in [0, 0.1) is 23.7 Å². The quantitative estimate of drug-likeness (QED) is 0.844. The van der Waals surface area contributed by atoms with Gasteiger partial charge in [0.15, 0.2) is 0 Å². The van der Waals surface area contributed by atoms with Gasteiger partial charge in [0.1, 0.15) is 0 Å². The minimum absolute atomic E-state index is 0. The Morgan fingerprint density at radius 2 is 1.81 bits per heavy atom. The number of hydrogen-bond acceptors (Lipinski definition) is 2. The summed E-state index contributed by atoms with van der Waals surface area (Å²) in [4.78, 5) is 14.9. The number of nitrogens with two attached hydrogens (primary N) is 1. The lowest BCUT2D eigenvalue weighted by atomic mass is 9.79. The highest BCUT2D eigenvalue weighted by Crippen LogP contribution is 2.33. The third kappa shape index (κ3) is 5.14. The summed E-state index contributed by atoms with van der Waals surface area (Å²) in [5.74, 6) is 2.41. The second-order valence-electron chi connectivity index (χ2n) is 7.26. The van der Waals surface area contributed by atoms with Crippen LogP contribution in [-0.4, -0.2) is 30.4 Å². The van der Waals surface area contributed by atoms with Crippen molar-refractivity contribution in [1.82, 2.24) is 4.90 Å². The number of amides is 1. The molecule has 1 saturated carbocycles. The molecule has 1 aliphatic carbocycles. The fourth-order valence-corrected chi connectivity index (χ4v) is 3.90. The first-order valence-corrected chi connectivity index (χ1v) is 8.60. The van der Waals surface area contributed by atoms with Crippen LogP contribution in [0.4, 0.5) is 0 Å². The third-order valence-electron chi connectivity index (χ3n) is 5.36. The van der Waals surface area contributed by atoms with Gasteiger partial charge in [-0.15, -0.1) is 12.4 Å². The summed E-state index contributed by atoms with van der Waals surface area (Å²) in [6.45, 7) is 6.96. The normalized spacial score (nSPS) is 25.0. The number of nitrogens with zero attached hydrogens (tertiary/aromatic N) is 1. The summed E-state index contributed by atoms with van der Waals surface area (Å²) in [6.07, 6.45) is 8.99. The molecule has 2 fully saturated rings. The standard InChI is InChI=1S/C17H32N2O.ClH/c1-13(2)16(10-14-6-4-3-5-7-14)17(20)19-9-8-15(11-18)12-19;/h13-16H,3-12,18H2,1-2H3;1H. The van der Waals surface area contributed by atoms with E-state index in [0.29, 0.717) is 17.7 Å². The van der Waals surface area contributed by atoms with E-state index < -0.39 is 0 Å². The van der Waals surface area contributed by atoms with Crippen LogP contribution in [0.1, 0.15) is 58.8 Å². The first kappa shape index (κ1) is 18.8. The van der Waals surface area contributed by atoms with E-state index in [4.69, 9.17) is 5.73 Å². The molecule has 124 valence electrons. The van der Waals surface area contributed by atoms with Crippen LogP contribution in [0.3, 0.4) is 0 Å². The number of hydrogen-bond donors (Lipinski definition) is 1. The molecule has 1 aliphatic heterocycles. The summed E-state index contributed by atoms with van der Waals surface area (Å²) in [5, 5.41) is 0. The van der Waals surface area contributed by atoms with Crippen LogP contribution in [0.25, 0.3) is 0 Å². The van der Waals surface area contributed by atoms with Gasteiger partial charge in [-0.05, 0) is 37.1 Å². The molecule has 3 nitrogen and oxygen atoms in total. The predicted molar refractivity (Wildman–Crippen MR) is 90.5 cm³/mol. The van der Waals surface area contributed by atoms with Crippen molar-refractivity contribution in [3.63, 3.8) is 0 Å². The van der Waals surface area contributed by atoms with Gasteiger partial charge in [-0.3, -0.25) is 4.79 Å². The zero-order chi connectivity index (χ0) is 14.5. The first-order chi connectivity index (χ1) is 9.61. The predicted octanol–water partition coefficient (Wildman–Crippen LogP) is 3.46. The molecule has 21 heavy (non-hydrogen) atoms. The zero-order valence-corrected chi connectivity index (χ0v) is 14.5. The second-order valence-corrected chi connectivity index (χ2v) is 7.26. The average molecular weight is 317 g/mol. The molecule has 2 unspecified atom stereocenters. The van der Waals surface area contributed by atoms with Crippen LogP contribution < -0.4 is 5.73 Å². The van der Waals surface area contributed by atoms with Crippen molar-refractivity contribution >= 4 is 18.3 Å². The molecule has 0 aromatic rings. The van der Waals surface area contributed by atoms with Crippen molar-refractivity contribution in [3.8, 4) is 0 Å². The van der Waals surface area contributed by atoms with E-state index >= 15 is 0 Å². The maximum absolute atomic E-state index is 12.8. The SMILES string of the molecule is CC(C)C(CC1CCCCC1)C(=O)N1CCC(CN)C1.Cl. The van der Waals surface area contributed by atoms with E-state index in [-0.39, 0.29) is 18.3 Å². The van der Waals surface area contributed by atoms with E-state index in [1.165, 1.54) is 32.1 Å². The van der Waals surface area contributed by atoms with Crippen LogP contribution in [-0.2, 0) is 4.79 Å². The summed E-state index contributed by atoms with van der Waals surface area (Å²) in [7, 11) is 0. The number of rotatable bonds is 5. The molecule has 1 heterocycles. The molecule has 1 saturated heterocycles. The first-order valence-electron chi connectivity index (χ1n) is 8.60. The number of halogens is 1. The molecule has 0 aromatic heterocycles. The monoisotopic (exact) mass is 316 g/mol. The van der Waals surface area contributed by atoms with Gasteiger partial charge in [0.05, 0.1) is 0 Å². The average Bonchev–Trinajstić information content (AvgIpc) is 2.94. The second kappa shape index (κ2) is 8.99. The van der Waals surface area contributed by atoms with Crippen molar-refractivity contribution in [1.29, 1.82) is 0 Å². The summed E-state index contributed by atoms with van der Waals surface area (Å²) in [5.41, 5.74) is 5.74. The molecule has 4 heteroatoms. The Labute approximate surface area is 136 Å². The number of carbonyl (C=O) groups is 1. The van der Waals surface area contributed by atoms with Crippen molar-refractivity contribution < 1.29 is 4.79 Å². The van der Waals surface area contributed by atoms with Crippen LogP contribution in [0.5, 0.6) is 0 Å². The Hall–Kier alpha value is -0.280. The summed E-state index contributed by atoms with van der Waals surface area (Å²) in [6, 6.07) is 0. The minimum Gasteiger partial charge on any atom is -0.342 e. The minimum atomic E-state index is 0. The van der Waals surface area contributed by atoms with Crippen molar-refractivity contribution in [2.45, 2.75) is 58.8 Å². The van der Waals surface area contributed by atoms with Gasteiger partial charge in [0.25, 0.3) is 0 Å². The molecule has 2 N–H and O–H groups in total. The Kier molecular flexibility index (Phi) is 8.04. The highest BCUT2D eigenvalue weighted by molar-refractivity contribution is 5.85. The van der Waals surface area contributed by atoms with Gasteiger partial charge in [-0.1, -0.05) is 46.0 Å². The van der Waals surface area contributed by atoms with Crippen LogP contribution >= 0.6 is 12.4 Å². The maximum Gasteiger partial charge on any atom is 0.225 e. The molecular formula is C17H33ClN2O. The van der Waals surface area contributed by atoms with Crippen LogP contribution in [0.15, 0.2) is 0 Å². The Bertz CT molecular complexity index is 316. The van der Waals surface area contributed by atoms with Crippen LogP contribution in [0.2, 0.25) is 0 Å². The van der Waals surface area contributed by atoms with Crippen molar-refractivity contribution in [2.24, 2.45) is 29.4 Å². The molecule has 0 bridgehead atoms. The largest absolute Gasteiger partial charge is 0.342 e. The van der Waals surface area contributed by atoms with Gasteiger partial charge >= 0.3 is 0 Å². The molecule has 2 aliphatic rings. The Morgan fingerprint density at radius 3 is 2.33 bits per heavy atom. The lowest BCUT2D eigenvalue weighted by Gasteiger charge is -2.31. The Morgan fingerprint density at radius 1 is 1.14 bits per heavy atom. The highest BCUT2D eigenvalue weighted by Gasteiger charge is 2.33. The molecule has 0 spiro atoms. The molecule has 2 atom stereocenters.